The Bertz CT molecular complexity index is 700. The van der Waals surface area contributed by atoms with Crippen molar-refractivity contribution in [2.75, 3.05) is 70.3 Å². The molecule has 1 N–H and O–H groups in total. The van der Waals surface area contributed by atoms with Gasteiger partial charge in [-0.05, 0) is 6.92 Å². The number of aryl methyl sites for hydroxylation is 1. The Morgan fingerprint density at radius 3 is 2.61 bits per heavy atom. The van der Waals surface area contributed by atoms with Gasteiger partial charge in [0.25, 0.3) is 0 Å². The number of amides is 1. The van der Waals surface area contributed by atoms with Crippen molar-refractivity contribution in [3.8, 4) is 0 Å². The topological polar surface area (TPSA) is 72.2 Å². The van der Waals surface area contributed by atoms with Gasteiger partial charge >= 0.3 is 0 Å². The molecule has 1 amide bonds. The van der Waals surface area contributed by atoms with Crippen molar-refractivity contribution in [3.63, 3.8) is 0 Å². The minimum atomic E-state index is 0. The molecule has 156 valence electrons. The molecule has 4 aliphatic rings. The SMILES string of the molecule is CCNC(=NCC1CN2CCN1CC2)N1CCN(c2cnn(C)c2)C(=O)C1.I. The van der Waals surface area contributed by atoms with E-state index in [1.807, 2.05) is 18.1 Å². The second-order valence-corrected chi connectivity index (χ2v) is 7.52. The molecule has 9 nitrogen and oxygen atoms in total. The fraction of sp³-hybridized carbons (Fsp3) is 0.722. The lowest BCUT2D eigenvalue weighted by atomic mass is 10.1. The van der Waals surface area contributed by atoms with Gasteiger partial charge in [0.15, 0.2) is 5.96 Å². The van der Waals surface area contributed by atoms with E-state index in [-0.39, 0.29) is 29.9 Å². The Labute approximate surface area is 183 Å². The van der Waals surface area contributed by atoms with Crippen LogP contribution in [0.4, 0.5) is 5.69 Å². The van der Waals surface area contributed by atoms with Gasteiger partial charge in [0, 0.05) is 71.6 Å². The fourth-order valence-corrected chi connectivity index (χ4v) is 4.19. The summed E-state index contributed by atoms with van der Waals surface area (Å²) in [5.41, 5.74) is 0.865. The van der Waals surface area contributed by atoms with Gasteiger partial charge in [0.05, 0.1) is 18.4 Å². The van der Waals surface area contributed by atoms with E-state index >= 15 is 0 Å². The van der Waals surface area contributed by atoms with Crippen molar-refractivity contribution in [1.29, 1.82) is 0 Å². The van der Waals surface area contributed by atoms with Gasteiger partial charge in [-0.15, -0.1) is 24.0 Å². The van der Waals surface area contributed by atoms with Crippen LogP contribution in [0.15, 0.2) is 17.4 Å². The standard InChI is InChI=1S/C18H30N8O.HI/c1-3-19-18(20-10-15-13-23-4-6-24(15)7-5-23)25-8-9-26(17(27)14-25)16-11-21-22(2)12-16;/h11-12,15H,3-10,13-14H2,1-2H3,(H,19,20);1H. The highest BCUT2D eigenvalue weighted by Gasteiger charge is 2.32. The molecule has 1 aromatic heterocycles. The fourth-order valence-electron chi connectivity index (χ4n) is 4.19. The van der Waals surface area contributed by atoms with Crippen molar-refractivity contribution < 1.29 is 4.79 Å². The summed E-state index contributed by atoms with van der Waals surface area (Å²) in [4.78, 5) is 26.6. The molecule has 1 unspecified atom stereocenters. The van der Waals surface area contributed by atoms with E-state index in [9.17, 15) is 4.79 Å². The smallest absolute Gasteiger partial charge is 0.246 e. The van der Waals surface area contributed by atoms with E-state index in [0.29, 0.717) is 19.1 Å². The molecular formula is C18H31IN8O. The second-order valence-electron chi connectivity index (χ2n) is 7.52. The molecule has 2 bridgehead atoms. The van der Waals surface area contributed by atoms with Crippen molar-refractivity contribution in [2.45, 2.75) is 13.0 Å². The third-order valence-corrected chi connectivity index (χ3v) is 5.70. The Hall–Kier alpha value is -1.40. The number of piperazine rings is 4. The summed E-state index contributed by atoms with van der Waals surface area (Å²) in [5, 5.41) is 7.55. The lowest BCUT2D eigenvalue weighted by Crippen LogP contribution is -2.62. The van der Waals surface area contributed by atoms with Gasteiger partial charge in [-0.1, -0.05) is 0 Å². The molecule has 4 aliphatic heterocycles. The molecule has 5 rings (SSSR count). The Morgan fingerprint density at radius 1 is 1.25 bits per heavy atom. The summed E-state index contributed by atoms with van der Waals surface area (Å²) in [6, 6.07) is 0.494. The van der Waals surface area contributed by atoms with E-state index in [1.54, 1.807) is 10.9 Å². The highest BCUT2D eigenvalue weighted by molar-refractivity contribution is 14.0. The number of hydrogen-bond donors (Lipinski definition) is 1. The van der Waals surface area contributed by atoms with Gasteiger partial charge in [0.1, 0.15) is 6.54 Å². The number of anilines is 1. The molecule has 0 aromatic carbocycles. The van der Waals surface area contributed by atoms with Crippen LogP contribution in [0.25, 0.3) is 0 Å². The molecule has 0 aliphatic carbocycles. The minimum absolute atomic E-state index is 0. The van der Waals surface area contributed by atoms with Gasteiger partial charge in [0.2, 0.25) is 5.91 Å². The van der Waals surface area contributed by atoms with Gasteiger partial charge in [-0.2, -0.15) is 5.10 Å². The summed E-state index contributed by atoms with van der Waals surface area (Å²) in [6.07, 6.45) is 3.63. The monoisotopic (exact) mass is 502 g/mol. The highest BCUT2D eigenvalue weighted by Crippen LogP contribution is 2.17. The van der Waals surface area contributed by atoms with Gasteiger partial charge in [-0.25, -0.2) is 0 Å². The predicted octanol–water partition coefficient (Wildman–Crippen LogP) is -0.348. The number of hydrogen-bond acceptors (Lipinski definition) is 5. The number of halogens is 1. The first-order valence-corrected chi connectivity index (χ1v) is 9.92. The number of rotatable bonds is 4. The van der Waals surface area contributed by atoms with Crippen LogP contribution in [0, 0.1) is 0 Å². The Balaban J connectivity index is 0.00000225. The maximum Gasteiger partial charge on any atom is 0.246 e. The second kappa shape index (κ2) is 9.40. The summed E-state index contributed by atoms with van der Waals surface area (Å²) in [6.45, 7) is 11.2. The number of aromatic nitrogens is 2. The van der Waals surface area contributed by atoms with E-state index in [4.69, 9.17) is 4.99 Å². The first-order chi connectivity index (χ1) is 13.1. The molecule has 1 atom stereocenters. The molecule has 1 aromatic rings. The molecule has 4 fully saturated rings. The van der Waals surface area contributed by atoms with Crippen LogP contribution in [-0.4, -0.2) is 108 Å². The van der Waals surface area contributed by atoms with Crippen LogP contribution >= 0.6 is 24.0 Å². The van der Waals surface area contributed by atoms with Crippen LogP contribution in [0.5, 0.6) is 0 Å². The first kappa shape index (κ1) is 21.3. The molecule has 28 heavy (non-hydrogen) atoms. The summed E-state index contributed by atoms with van der Waals surface area (Å²) >= 11 is 0. The minimum Gasteiger partial charge on any atom is -0.357 e. The van der Waals surface area contributed by atoms with E-state index in [0.717, 1.165) is 50.9 Å². The van der Waals surface area contributed by atoms with E-state index < -0.39 is 0 Å². The average molecular weight is 502 g/mol. The number of aliphatic imine (C=N–C) groups is 1. The van der Waals surface area contributed by atoms with E-state index in [2.05, 4.69) is 32.0 Å². The third-order valence-electron chi connectivity index (χ3n) is 5.70. The highest BCUT2D eigenvalue weighted by atomic mass is 127. The van der Waals surface area contributed by atoms with Crippen molar-refractivity contribution in [2.24, 2.45) is 12.0 Å². The summed E-state index contributed by atoms with van der Waals surface area (Å²) in [7, 11) is 1.87. The molecular weight excluding hydrogens is 471 g/mol. The molecule has 10 heteroatoms. The number of carbonyl (C=O) groups excluding carboxylic acids is 1. The first-order valence-electron chi connectivity index (χ1n) is 9.92. The Morgan fingerprint density at radius 2 is 2.04 bits per heavy atom. The van der Waals surface area contributed by atoms with Crippen LogP contribution in [0.3, 0.4) is 0 Å². The maximum absolute atomic E-state index is 12.7. The third kappa shape index (κ3) is 4.60. The number of nitrogens with one attached hydrogen (secondary N) is 1. The number of guanidine groups is 1. The lowest BCUT2D eigenvalue weighted by Gasteiger charge is -2.47. The van der Waals surface area contributed by atoms with E-state index in [1.165, 1.54) is 13.1 Å². The van der Waals surface area contributed by atoms with Crippen LogP contribution in [-0.2, 0) is 11.8 Å². The molecule has 5 heterocycles. The zero-order chi connectivity index (χ0) is 18.8. The normalized spacial score (nSPS) is 27.7. The number of carbonyl (C=O) groups is 1. The van der Waals surface area contributed by atoms with Crippen molar-refractivity contribution >= 4 is 41.5 Å². The van der Waals surface area contributed by atoms with Crippen molar-refractivity contribution in [3.05, 3.63) is 12.4 Å². The summed E-state index contributed by atoms with van der Waals surface area (Å²) in [5.74, 6) is 0.945. The largest absolute Gasteiger partial charge is 0.357 e. The molecule has 4 saturated heterocycles. The number of fused-ring (bicyclic) bond motifs is 3. The Kier molecular flexibility index (Phi) is 7.15. The molecule has 0 radical (unpaired) electrons. The molecule has 0 spiro atoms. The summed E-state index contributed by atoms with van der Waals surface area (Å²) < 4.78 is 1.73. The van der Waals surface area contributed by atoms with Crippen LogP contribution < -0.4 is 10.2 Å². The molecule has 0 saturated carbocycles. The zero-order valence-corrected chi connectivity index (χ0v) is 19.1. The lowest BCUT2D eigenvalue weighted by molar-refractivity contribution is -0.120. The number of nitrogens with zero attached hydrogens (tertiary/aromatic N) is 7. The maximum atomic E-state index is 12.7. The quantitative estimate of drug-likeness (QED) is 0.345. The predicted molar refractivity (Wildman–Crippen MR) is 120 cm³/mol. The van der Waals surface area contributed by atoms with Crippen LogP contribution in [0.1, 0.15) is 6.92 Å². The zero-order valence-electron chi connectivity index (χ0n) is 16.8. The average Bonchev–Trinajstić information content (AvgIpc) is 3.12. The van der Waals surface area contributed by atoms with Gasteiger partial charge in [-0.3, -0.25) is 24.3 Å². The van der Waals surface area contributed by atoms with Crippen LogP contribution in [0.2, 0.25) is 0 Å². The van der Waals surface area contributed by atoms with Gasteiger partial charge < -0.3 is 15.1 Å². The van der Waals surface area contributed by atoms with Crippen molar-refractivity contribution in [1.82, 2.24) is 29.8 Å².